The molecule has 3 heterocycles. The van der Waals surface area contributed by atoms with E-state index in [4.69, 9.17) is 15.2 Å². The number of nitrogens with two attached hydrogens (primary N) is 1. The lowest BCUT2D eigenvalue weighted by Gasteiger charge is -2.19. The lowest BCUT2D eigenvalue weighted by Crippen LogP contribution is -2.27. The van der Waals surface area contributed by atoms with Crippen LogP contribution in [0.15, 0.2) is 30.7 Å². The molecule has 0 aliphatic carbocycles. The van der Waals surface area contributed by atoms with Crippen LogP contribution in [0.25, 0.3) is 22.2 Å². The Morgan fingerprint density at radius 1 is 1.28 bits per heavy atom. The molecule has 0 amide bonds. The van der Waals surface area contributed by atoms with E-state index in [0.29, 0.717) is 22.3 Å². The van der Waals surface area contributed by atoms with Crippen LogP contribution in [0.5, 0.6) is 5.75 Å². The molecule has 3 aromatic heterocycles. The highest BCUT2D eigenvalue weighted by molar-refractivity contribution is 5.96. The average molecular weight is 341 g/mol. The third-order valence-electron chi connectivity index (χ3n) is 3.44. The second-order valence-corrected chi connectivity index (χ2v) is 6.44. The van der Waals surface area contributed by atoms with Crippen molar-refractivity contribution in [2.24, 2.45) is 0 Å². The quantitative estimate of drug-likeness (QED) is 0.764. The Hall–Kier alpha value is -3.16. The minimum Gasteiger partial charge on any atom is -0.496 e. The van der Waals surface area contributed by atoms with Crippen molar-refractivity contribution in [3.63, 3.8) is 0 Å². The van der Waals surface area contributed by atoms with Crippen LogP contribution in [0, 0.1) is 0 Å². The highest BCUT2D eigenvalue weighted by atomic mass is 16.6. The predicted octanol–water partition coefficient (Wildman–Crippen LogP) is 2.87. The van der Waals surface area contributed by atoms with Crippen molar-refractivity contribution in [3.8, 4) is 17.0 Å². The Kier molecular flexibility index (Phi) is 4.03. The number of ether oxygens (including phenoxy) is 2. The van der Waals surface area contributed by atoms with Gasteiger partial charge < -0.3 is 15.2 Å². The van der Waals surface area contributed by atoms with Crippen LogP contribution in [0.1, 0.15) is 20.8 Å². The maximum Gasteiger partial charge on any atom is 0.435 e. The van der Waals surface area contributed by atoms with Gasteiger partial charge in [-0.3, -0.25) is 9.97 Å². The first-order valence-corrected chi connectivity index (χ1v) is 7.66. The Labute approximate surface area is 144 Å². The van der Waals surface area contributed by atoms with Crippen molar-refractivity contribution in [3.05, 3.63) is 30.7 Å². The summed E-state index contributed by atoms with van der Waals surface area (Å²) in [6.07, 6.45) is 4.21. The molecule has 0 atom stereocenters. The van der Waals surface area contributed by atoms with Gasteiger partial charge >= 0.3 is 6.09 Å². The molecule has 0 unspecified atom stereocenters. The highest BCUT2D eigenvalue weighted by Crippen LogP contribution is 2.31. The zero-order valence-electron chi connectivity index (χ0n) is 14.5. The first kappa shape index (κ1) is 16.7. The zero-order chi connectivity index (χ0) is 18.2. The number of fused-ring (bicyclic) bond motifs is 1. The van der Waals surface area contributed by atoms with Gasteiger partial charge in [-0.1, -0.05) is 0 Å². The molecule has 25 heavy (non-hydrogen) atoms. The molecule has 3 rings (SSSR count). The minimum atomic E-state index is -0.638. The van der Waals surface area contributed by atoms with Crippen LogP contribution >= 0.6 is 0 Å². The third kappa shape index (κ3) is 3.23. The number of carbonyl (C=O) groups excluding carboxylic acids is 1. The molecule has 0 radical (unpaired) electrons. The minimum absolute atomic E-state index is 0.215. The molecule has 0 bridgehead atoms. The summed E-state index contributed by atoms with van der Waals surface area (Å²) >= 11 is 0. The van der Waals surface area contributed by atoms with Gasteiger partial charge in [-0.25, -0.2) is 4.79 Å². The molecule has 130 valence electrons. The third-order valence-corrected chi connectivity index (χ3v) is 3.44. The number of pyridine rings is 2. The van der Waals surface area contributed by atoms with Gasteiger partial charge in [-0.15, -0.1) is 5.10 Å². The highest BCUT2D eigenvalue weighted by Gasteiger charge is 2.22. The summed E-state index contributed by atoms with van der Waals surface area (Å²) in [5.41, 5.74) is 7.15. The first-order valence-electron chi connectivity index (χ1n) is 7.66. The number of nitrogen functional groups attached to an aromatic ring is 1. The Balaban J connectivity index is 2.08. The number of hydrogen-bond acceptors (Lipinski definition) is 7. The maximum absolute atomic E-state index is 12.3. The van der Waals surface area contributed by atoms with Crippen molar-refractivity contribution in [2.45, 2.75) is 26.4 Å². The smallest absolute Gasteiger partial charge is 0.435 e. The predicted molar refractivity (Wildman–Crippen MR) is 93.4 cm³/mol. The number of methoxy groups -OCH3 is 1. The van der Waals surface area contributed by atoms with Crippen molar-refractivity contribution < 1.29 is 14.3 Å². The van der Waals surface area contributed by atoms with Crippen molar-refractivity contribution in [2.75, 3.05) is 12.8 Å². The molecular formula is C17H19N5O3. The molecule has 8 heteroatoms. The van der Waals surface area contributed by atoms with Crippen LogP contribution in [0.2, 0.25) is 0 Å². The van der Waals surface area contributed by atoms with Gasteiger partial charge in [0.2, 0.25) is 0 Å². The Morgan fingerprint density at radius 2 is 2.04 bits per heavy atom. The Morgan fingerprint density at radius 3 is 2.72 bits per heavy atom. The van der Waals surface area contributed by atoms with Gasteiger partial charge in [-0.2, -0.15) is 4.68 Å². The molecule has 0 saturated heterocycles. The van der Waals surface area contributed by atoms with E-state index in [2.05, 4.69) is 15.1 Å². The standard InChI is InChI=1S/C17H19N5O3/c1-17(2,3)25-16(23)22-13-9-20-12(7-10(13)15(18)21-22)11-8-19-6-5-14(11)24-4/h5-9H,1-4H3,(H2,18,21). The molecular weight excluding hydrogens is 322 g/mol. The van der Waals surface area contributed by atoms with E-state index in [1.165, 1.54) is 6.20 Å². The summed E-state index contributed by atoms with van der Waals surface area (Å²) in [5, 5.41) is 4.68. The molecule has 0 saturated carbocycles. The number of hydrogen-bond donors (Lipinski definition) is 1. The lowest BCUT2D eigenvalue weighted by molar-refractivity contribution is 0.0523. The summed E-state index contributed by atoms with van der Waals surface area (Å²) in [4.78, 5) is 20.8. The fourth-order valence-corrected chi connectivity index (χ4v) is 2.38. The van der Waals surface area contributed by atoms with Gasteiger partial charge in [0.25, 0.3) is 0 Å². The lowest BCUT2D eigenvalue weighted by atomic mass is 10.1. The SMILES string of the molecule is COc1ccncc1-c1cc2c(N)nn(C(=O)OC(C)(C)C)c2cn1. The number of rotatable bonds is 2. The number of aromatic nitrogens is 4. The van der Waals surface area contributed by atoms with Crippen LogP contribution < -0.4 is 10.5 Å². The summed E-state index contributed by atoms with van der Waals surface area (Å²) in [6.45, 7) is 5.35. The van der Waals surface area contributed by atoms with E-state index in [0.717, 1.165) is 10.2 Å². The van der Waals surface area contributed by atoms with Gasteiger partial charge in [0.05, 0.1) is 24.6 Å². The molecule has 0 spiro atoms. The van der Waals surface area contributed by atoms with Crippen LogP contribution in [-0.2, 0) is 4.74 Å². The number of anilines is 1. The number of nitrogens with zero attached hydrogens (tertiary/aromatic N) is 4. The topological polar surface area (TPSA) is 105 Å². The van der Waals surface area contributed by atoms with Gasteiger partial charge in [-0.05, 0) is 32.9 Å². The average Bonchev–Trinajstić information content (AvgIpc) is 2.90. The van der Waals surface area contributed by atoms with E-state index < -0.39 is 11.7 Å². The summed E-state index contributed by atoms with van der Waals surface area (Å²) in [7, 11) is 1.58. The van der Waals surface area contributed by atoms with E-state index in [1.54, 1.807) is 52.4 Å². The van der Waals surface area contributed by atoms with E-state index in [1.807, 2.05) is 0 Å². The second kappa shape index (κ2) is 6.04. The first-order chi connectivity index (χ1) is 11.8. The largest absolute Gasteiger partial charge is 0.496 e. The molecule has 0 aromatic carbocycles. The number of carbonyl (C=O) groups is 1. The maximum atomic E-state index is 12.3. The fourth-order valence-electron chi connectivity index (χ4n) is 2.38. The monoisotopic (exact) mass is 341 g/mol. The Bertz CT molecular complexity index is 943. The fraction of sp³-hybridized carbons (Fsp3) is 0.294. The second-order valence-electron chi connectivity index (χ2n) is 6.44. The van der Waals surface area contributed by atoms with E-state index in [-0.39, 0.29) is 5.82 Å². The van der Waals surface area contributed by atoms with Crippen LogP contribution in [0.4, 0.5) is 10.6 Å². The molecule has 0 aliphatic heterocycles. The van der Waals surface area contributed by atoms with Gasteiger partial charge in [0.15, 0.2) is 5.82 Å². The molecule has 0 aliphatic rings. The molecule has 0 fully saturated rings. The summed E-state index contributed by atoms with van der Waals surface area (Å²) < 4.78 is 11.8. The van der Waals surface area contributed by atoms with Crippen molar-refractivity contribution in [1.82, 2.24) is 19.7 Å². The summed E-state index contributed by atoms with van der Waals surface area (Å²) in [6, 6.07) is 3.49. The van der Waals surface area contributed by atoms with E-state index >= 15 is 0 Å². The van der Waals surface area contributed by atoms with Gasteiger partial charge in [0.1, 0.15) is 16.9 Å². The molecule has 8 nitrogen and oxygen atoms in total. The van der Waals surface area contributed by atoms with Crippen LogP contribution in [-0.4, -0.2) is 38.6 Å². The summed E-state index contributed by atoms with van der Waals surface area (Å²) in [5.74, 6) is 0.854. The normalized spacial score (nSPS) is 11.5. The zero-order valence-corrected chi connectivity index (χ0v) is 14.5. The molecule has 2 N–H and O–H groups in total. The van der Waals surface area contributed by atoms with Crippen molar-refractivity contribution >= 4 is 22.8 Å². The van der Waals surface area contributed by atoms with E-state index in [9.17, 15) is 4.79 Å². The molecule has 3 aromatic rings. The van der Waals surface area contributed by atoms with Crippen LogP contribution in [0.3, 0.4) is 0 Å². The van der Waals surface area contributed by atoms with Crippen molar-refractivity contribution in [1.29, 1.82) is 0 Å². The van der Waals surface area contributed by atoms with Gasteiger partial charge in [0, 0.05) is 17.8 Å².